The van der Waals surface area contributed by atoms with Gasteiger partial charge in [0.1, 0.15) is 0 Å². The van der Waals surface area contributed by atoms with Gasteiger partial charge in [-0.1, -0.05) is 0 Å². The van der Waals surface area contributed by atoms with E-state index >= 15 is 0 Å². The van der Waals surface area contributed by atoms with Gasteiger partial charge in [-0.3, -0.25) is 15.1 Å². The van der Waals surface area contributed by atoms with Crippen molar-refractivity contribution in [2.24, 2.45) is 7.05 Å². The summed E-state index contributed by atoms with van der Waals surface area (Å²) in [6, 6.07) is 0. The van der Waals surface area contributed by atoms with Crippen LogP contribution in [0.2, 0.25) is 0 Å². The van der Waals surface area contributed by atoms with E-state index in [9.17, 15) is 9.59 Å². The minimum Gasteiger partial charge on any atom is -0.295 e. The van der Waals surface area contributed by atoms with E-state index in [4.69, 9.17) is 0 Å². The molecule has 0 saturated carbocycles. The molecule has 0 spiro atoms. The van der Waals surface area contributed by atoms with E-state index in [0.29, 0.717) is 5.13 Å². The topological polar surface area (TPSA) is 92.7 Å². The molecule has 0 unspecified atom stereocenters. The van der Waals surface area contributed by atoms with Crippen molar-refractivity contribution in [3.05, 3.63) is 27.4 Å². The Balaban J connectivity index is 2.17. The summed E-state index contributed by atoms with van der Waals surface area (Å²) in [4.78, 5) is 29.0. The summed E-state index contributed by atoms with van der Waals surface area (Å²) >= 11 is 1.31. The number of aromatic amines is 1. The van der Waals surface area contributed by atoms with Crippen LogP contribution in [-0.2, 0) is 7.05 Å². The molecule has 8 heteroatoms. The number of anilines is 1. The maximum absolute atomic E-state index is 11.6. The number of carbonyl (C=O) groups excluding carboxylic acids is 1. The summed E-state index contributed by atoms with van der Waals surface area (Å²) in [7, 11) is 1.46. The van der Waals surface area contributed by atoms with E-state index in [-0.39, 0.29) is 5.82 Å². The van der Waals surface area contributed by atoms with Crippen LogP contribution in [0.1, 0.15) is 16.3 Å². The van der Waals surface area contributed by atoms with Crippen LogP contribution in [-0.4, -0.2) is 25.7 Å². The van der Waals surface area contributed by atoms with Crippen molar-refractivity contribution in [2.45, 2.75) is 6.92 Å². The van der Waals surface area contributed by atoms with E-state index in [1.165, 1.54) is 18.4 Å². The highest BCUT2D eigenvalue weighted by Gasteiger charge is 2.13. The summed E-state index contributed by atoms with van der Waals surface area (Å²) in [5.74, 6) is -0.507. The molecule has 2 aromatic heterocycles. The van der Waals surface area contributed by atoms with Gasteiger partial charge in [0.05, 0.1) is 5.69 Å². The van der Waals surface area contributed by atoms with E-state index in [1.54, 1.807) is 0 Å². The fraction of sp³-hybridized carbons (Fsp3) is 0.250. The average Bonchev–Trinajstić information content (AvgIpc) is 2.75. The third-order valence-corrected chi connectivity index (χ3v) is 2.70. The van der Waals surface area contributed by atoms with E-state index in [2.05, 4.69) is 20.4 Å². The number of hydrogen-bond acceptors (Lipinski definition) is 5. The number of amides is 1. The summed E-state index contributed by atoms with van der Waals surface area (Å²) in [6.07, 6.45) is 0. The fourth-order valence-corrected chi connectivity index (χ4v) is 1.76. The van der Waals surface area contributed by atoms with Gasteiger partial charge in [-0.05, 0) is 6.92 Å². The first-order chi connectivity index (χ1) is 7.56. The number of rotatable bonds is 2. The van der Waals surface area contributed by atoms with Crippen molar-refractivity contribution in [1.82, 2.24) is 19.7 Å². The van der Waals surface area contributed by atoms with Crippen LogP contribution >= 0.6 is 11.3 Å². The smallest absolute Gasteiger partial charge is 0.295 e. The second kappa shape index (κ2) is 3.89. The van der Waals surface area contributed by atoms with Crippen LogP contribution in [0, 0.1) is 6.92 Å². The summed E-state index contributed by atoms with van der Waals surface area (Å²) < 4.78 is 1.06. The third kappa shape index (κ3) is 2.01. The highest BCUT2D eigenvalue weighted by Crippen LogP contribution is 2.14. The maximum Gasteiger partial charge on any atom is 0.343 e. The standard InChI is InChI=1S/C8H9N5O2S/c1-4-3-16-7(9-4)11-6(14)5-10-8(15)13(2)12-5/h3H,1-2H3,(H,9,11,14)(H,10,12,15). The first-order valence-corrected chi connectivity index (χ1v) is 5.31. The van der Waals surface area contributed by atoms with Crippen molar-refractivity contribution in [2.75, 3.05) is 5.32 Å². The predicted molar refractivity (Wildman–Crippen MR) is 58.6 cm³/mol. The van der Waals surface area contributed by atoms with Crippen molar-refractivity contribution < 1.29 is 4.79 Å². The fourth-order valence-electron chi connectivity index (χ4n) is 1.07. The predicted octanol–water partition coefficient (Wildman–Crippen LogP) is 0.126. The number of H-pyrrole nitrogens is 1. The molecule has 0 bridgehead atoms. The summed E-state index contributed by atoms with van der Waals surface area (Å²) in [6.45, 7) is 1.83. The number of aryl methyl sites for hydroxylation is 2. The maximum atomic E-state index is 11.6. The Hall–Kier alpha value is -1.96. The SMILES string of the molecule is Cc1csc(NC(=O)c2nn(C)c(=O)[nH]2)n1. The highest BCUT2D eigenvalue weighted by atomic mass is 32.1. The number of carbonyl (C=O) groups is 1. The Morgan fingerprint density at radius 3 is 2.88 bits per heavy atom. The van der Waals surface area contributed by atoms with Crippen LogP contribution in [0.4, 0.5) is 5.13 Å². The number of aromatic nitrogens is 4. The minimum absolute atomic E-state index is 0.0275. The number of nitrogens with one attached hydrogen (secondary N) is 2. The summed E-state index contributed by atoms with van der Waals surface area (Å²) in [5.41, 5.74) is 0.398. The molecule has 0 atom stereocenters. The molecule has 0 aliphatic rings. The van der Waals surface area contributed by atoms with Crippen molar-refractivity contribution in [1.29, 1.82) is 0 Å². The molecule has 16 heavy (non-hydrogen) atoms. The molecule has 0 saturated heterocycles. The normalized spacial score (nSPS) is 10.4. The first-order valence-electron chi connectivity index (χ1n) is 4.43. The molecular formula is C8H9N5O2S. The van der Waals surface area contributed by atoms with E-state index in [0.717, 1.165) is 10.4 Å². The van der Waals surface area contributed by atoms with Crippen LogP contribution in [0.3, 0.4) is 0 Å². The molecule has 2 rings (SSSR count). The van der Waals surface area contributed by atoms with Gasteiger partial charge in [-0.25, -0.2) is 14.5 Å². The van der Waals surface area contributed by atoms with Crippen LogP contribution in [0.5, 0.6) is 0 Å². The molecule has 2 heterocycles. The molecule has 0 aliphatic heterocycles. The molecule has 2 aromatic rings. The molecular weight excluding hydrogens is 230 g/mol. The second-order valence-electron chi connectivity index (χ2n) is 3.15. The molecule has 84 valence electrons. The van der Waals surface area contributed by atoms with Gasteiger partial charge in [0.25, 0.3) is 5.91 Å². The van der Waals surface area contributed by atoms with Gasteiger partial charge in [0.2, 0.25) is 5.82 Å². The molecule has 7 nitrogen and oxygen atoms in total. The van der Waals surface area contributed by atoms with Crippen LogP contribution in [0.15, 0.2) is 10.2 Å². The lowest BCUT2D eigenvalue weighted by Gasteiger charge is -1.95. The largest absolute Gasteiger partial charge is 0.343 e. The number of thiazole rings is 1. The van der Waals surface area contributed by atoms with Gasteiger partial charge >= 0.3 is 5.69 Å². The van der Waals surface area contributed by atoms with Crippen molar-refractivity contribution in [3.8, 4) is 0 Å². The number of nitrogens with zero attached hydrogens (tertiary/aromatic N) is 3. The zero-order valence-corrected chi connectivity index (χ0v) is 9.46. The minimum atomic E-state index is -0.480. The van der Waals surface area contributed by atoms with Crippen LogP contribution < -0.4 is 11.0 Å². The Labute approximate surface area is 94.1 Å². The lowest BCUT2D eigenvalue weighted by atomic mass is 10.6. The van der Waals surface area contributed by atoms with Gasteiger partial charge < -0.3 is 0 Å². The zero-order chi connectivity index (χ0) is 11.7. The average molecular weight is 239 g/mol. The third-order valence-electron chi connectivity index (χ3n) is 1.82. The summed E-state index contributed by atoms with van der Waals surface area (Å²) in [5, 5.41) is 8.57. The van der Waals surface area contributed by atoms with Crippen molar-refractivity contribution in [3.63, 3.8) is 0 Å². The van der Waals surface area contributed by atoms with Gasteiger partial charge in [-0.2, -0.15) is 0 Å². The first kappa shape index (κ1) is 10.6. The lowest BCUT2D eigenvalue weighted by Crippen LogP contribution is -2.14. The zero-order valence-electron chi connectivity index (χ0n) is 8.64. The van der Waals surface area contributed by atoms with Gasteiger partial charge in [0, 0.05) is 12.4 Å². The second-order valence-corrected chi connectivity index (χ2v) is 4.01. The van der Waals surface area contributed by atoms with Gasteiger partial charge in [-0.15, -0.1) is 16.4 Å². The Morgan fingerprint density at radius 1 is 1.62 bits per heavy atom. The molecule has 0 aliphatic carbocycles. The monoisotopic (exact) mass is 239 g/mol. The Bertz CT molecular complexity index is 581. The highest BCUT2D eigenvalue weighted by molar-refractivity contribution is 7.13. The lowest BCUT2D eigenvalue weighted by molar-refractivity contribution is 0.101. The Kier molecular flexibility index (Phi) is 2.57. The van der Waals surface area contributed by atoms with E-state index in [1.807, 2.05) is 12.3 Å². The van der Waals surface area contributed by atoms with Gasteiger partial charge in [0.15, 0.2) is 5.13 Å². The molecule has 1 amide bonds. The molecule has 2 N–H and O–H groups in total. The quantitative estimate of drug-likeness (QED) is 0.778. The molecule has 0 aromatic carbocycles. The van der Waals surface area contributed by atoms with E-state index < -0.39 is 11.6 Å². The molecule has 0 radical (unpaired) electrons. The Morgan fingerprint density at radius 2 is 2.38 bits per heavy atom. The number of hydrogen-bond donors (Lipinski definition) is 2. The van der Waals surface area contributed by atoms with Crippen LogP contribution in [0.25, 0.3) is 0 Å². The van der Waals surface area contributed by atoms with Crippen molar-refractivity contribution >= 4 is 22.4 Å². The molecule has 0 fully saturated rings.